The number of nitrogens with zero attached hydrogens (tertiary/aromatic N) is 4. The van der Waals surface area contributed by atoms with Gasteiger partial charge in [-0.15, -0.1) is 22.6 Å². The third-order valence-electron chi connectivity index (χ3n) is 4.34. The number of aromatic nitrogens is 3. The van der Waals surface area contributed by atoms with Gasteiger partial charge in [-0.1, -0.05) is 30.3 Å². The minimum Gasteiger partial charge on any atom is -0.390 e. The van der Waals surface area contributed by atoms with Crippen molar-refractivity contribution in [2.45, 2.75) is 37.8 Å². The molecule has 26 heavy (non-hydrogen) atoms. The fourth-order valence-electron chi connectivity index (χ4n) is 3.00. The van der Waals surface area contributed by atoms with Crippen LogP contribution in [0.15, 0.2) is 30.3 Å². The SMILES string of the molecule is Cl.N[C@H](Cc1ccccc1)[C@@H](O)CN1CCn2c(nnc2C(F)(F)F)C1. The Bertz CT molecular complexity index is 710. The maximum absolute atomic E-state index is 12.8. The van der Waals surface area contributed by atoms with Crippen molar-refractivity contribution in [1.82, 2.24) is 19.7 Å². The molecule has 0 saturated heterocycles. The fourth-order valence-corrected chi connectivity index (χ4v) is 3.00. The van der Waals surface area contributed by atoms with Gasteiger partial charge in [-0.3, -0.25) is 4.90 Å². The topological polar surface area (TPSA) is 80.2 Å². The number of nitrogens with two attached hydrogens (primary N) is 1. The van der Waals surface area contributed by atoms with Gasteiger partial charge in [0.1, 0.15) is 5.82 Å². The monoisotopic (exact) mass is 391 g/mol. The quantitative estimate of drug-likeness (QED) is 0.806. The van der Waals surface area contributed by atoms with Crippen molar-refractivity contribution in [3.05, 3.63) is 47.5 Å². The van der Waals surface area contributed by atoms with Crippen LogP contribution in [0, 0.1) is 0 Å². The molecule has 3 rings (SSSR count). The number of alkyl halides is 3. The van der Waals surface area contributed by atoms with Crippen LogP contribution in [0.4, 0.5) is 13.2 Å². The first-order valence-electron chi connectivity index (χ1n) is 8.04. The Kier molecular flexibility index (Phi) is 6.62. The summed E-state index contributed by atoms with van der Waals surface area (Å²) in [5.41, 5.74) is 7.09. The summed E-state index contributed by atoms with van der Waals surface area (Å²) < 4.78 is 39.6. The predicted octanol–water partition coefficient (Wildman–Crippen LogP) is 1.47. The van der Waals surface area contributed by atoms with Crippen molar-refractivity contribution < 1.29 is 18.3 Å². The van der Waals surface area contributed by atoms with Gasteiger partial charge in [0.15, 0.2) is 0 Å². The van der Waals surface area contributed by atoms with Crippen LogP contribution in [0.3, 0.4) is 0 Å². The summed E-state index contributed by atoms with van der Waals surface area (Å²) >= 11 is 0. The smallest absolute Gasteiger partial charge is 0.390 e. The molecule has 0 bridgehead atoms. The zero-order chi connectivity index (χ0) is 18.0. The Hall–Kier alpha value is -1.68. The van der Waals surface area contributed by atoms with Crippen LogP contribution in [-0.2, 0) is 25.7 Å². The molecule has 1 aliphatic rings. The summed E-state index contributed by atoms with van der Waals surface area (Å²) in [5, 5.41) is 17.2. The molecule has 0 radical (unpaired) electrons. The van der Waals surface area contributed by atoms with Crippen LogP contribution >= 0.6 is 12.4 Å². The van der Waals surface area contributed by atoms with E-state index >= 15 is 0 Å². The molecule has 0 saturated carbocycles. The van der Waals surface area contributed by atoms with Crippen LogP contribution < -0.4 is 5.73 Å². The van der Waals surface area contributed by atoms with E-state index < -0.39 is 24.1 Å². The summed E-state index contributed by atoms with van der Waals surface area (Å²) in [6, 6.07) is 9.15. The van der Waals surface area contributed by atoms with Gasteiger partial charge in [0.2, 0.25) is 5.82 Å². The molecule has 10 heteroatoms. The Morgan fingerprint density at radius 1 is 1.15 bits per heavy atom. The number of halogens is 4. The van der Waals surface area contributed by atoms with Gasteiger partial charge >= 0.3 is 6.18 Å². The molecule has 144 valence electrons. The minimum atomic E-state index is -4.51. The summed E-state index contributed by atoms with van der Waals surface area (Å²) in [6.07, 6.45) is -4.76. The number of β-amino-alcohol motifs (C(OH)–C–C–N with tert-alkyl or cyclic N) is 1. The second-order valence-corrected chi connectivity index (χ2v) is 6.25. The average molecular weight is 392 g/mol. The van der Waals surface area contributed by atoms with Crippen molar-refractivity contribution in [3.63, 3.8) is 0 Å². The molecule has 1 aromatic heterocycles. The molecule has 0 amide bonds. The second-order valence-electron chi connectivity index (χ2n) is 6.25. The predicted molar refractivity (Wildman–Crippen MR) is 91.7 cm³/mol. The number of fused-ring (bicyclic) bond motifs is 1. The highest BCUT2D eigenvalue weighted by molar-refractivity contribution is 5.85. The highest BCUT2D eigenvalue weighted by atomic mass is 35.5. The van der Waals surface area contributed by atoms with Gasteiger partial charge < -0.3 is 15.4 Å². The average Bonchev–Trinajstić information content (AvgIpc) is 2.99. The van der Waals surface area contributed by atoms with Crippen LogP contribution in [0.5, 0.6) is 0 Å². The van der Waals surface area contributed by atoms with Crippen molar-refractivity contribution in [2.75, 3.05) is 13.1 Å². The van der Waals surface area contributed by atoms with Crippen molar-refractivity contribution in [1.29, 1.82) is 0 Å². The van der Waals surface area contributed by atoms with E-state index in [1.165, 1.54) is 0 Å². The maximum Gasteiger partial charge on any atom is 0.451 e. The number of aliphatic hydroxyl groups excluding tert-OH is 1. The van der Waals surface area contributed by atoms with Crippen molar-refractivity contribution in [2.24, 2.45) is 5.73 Å². The van der Waals surface area contributed by atoms with E-state index in [0.717, 1.165) is 10.1 Å². The lowest BCUT2D eigenvalue weighted by molar-refractivity contribution is -0.148. The summed E-state index contributed by atoms with van der Waals surface area (Å²) in [7, 11) is 0. The maximum atomic E-state index is 12.8. The number of aliphatic hydroxyl groups is 1. The highest BCUT2D eigenvalue weighted by Gasteiger charge is 2.39. The van der Waals surface area contributed by atoms with Gasteiger partial charge in [-0.25, -0.2) is 0 Å². The van der Waals surface area contributed by atoms with Crippen molar-refractivity contribution >= 4 is 12.4 Å². The molecule has 2 atom stereocenters. The van der Waals surface area contributed by atoms with E-state index in [2.05, 4.69) is 10.2 Å². The van der Waals surface area contributed by atoms with E-state index in [1.807, 2.05) is 35.2 Å². The lowest BCUT2D eigenvalue weighted by Gasteiger charge is -2.31. The molecule has 0 spiro atoms. The first-order valence-corrected chi connectivity index (χ1v) is 8.04. The normalized spacial score (nSPS) is 17.3. The summed E-state index contributed by atoms with van der Waals surface area (Å²) in [6.45, 7) is 1.00. The third kappa shape index (κ3) is 4.73. The number of benzene rings is 1. The lowest BCUT2D eigenvalue weighted by Crippen LogP contribution is -2.46. The third-order valence-corrected chi connectivity index (χ3v) is 4.34. The highest BCUT2D eigenvalue weighted by Crippen LogP contribution is 2.29. The minimum absolute atomic E-state index is 0. The number of hydrogen-bond donors (Lipinski definition) is 2. The number of rotatable bonds is 5. The van der Waals surface area contributed by atoms with Crippen LogP contribution in [0.2, 0.25) is 0 Å². The van der Waals surface area contributed by atoms with E-state index in [9.17, 15) is 18.3 Å². The molecule has 2 aromatic rings. The van der Waals surface area contributed by atoms with Gasteiger partial charge in [0.05, 0.1) is 12.6 Å². The second kappa shape index (κ2) is 8.34. The lowest BCUT2D eigenvalue weighted by atomic mass is 10.0. The van der Waals surface area contributed by atoms with Crippen LogP contribution in [0.1, 0.15) is 17.2 Å². The molecule has 0 fully saturated rings. The largest absolute Gasteiger partial charge is 0.451 e. The Morgan fingerprint density at radius 3 is 2.50 bits per heavy atom. The standard InChI is InChI=1S/C16H20F3N5O.ClH/c17-16(18,19)15-22-21-14-10-23(6-7-24(14)15)9-13(25)12(20)8-11-4-2-1-3-5-11;/h1-5,12-13,25H,6-10,20H2;1H/t12-,13+;/m1./s1. The molecule has 1 aliphatic heterocycles. The Balaban J connectivity index is 0.00000243. The summed E-state index contributed by atoms with van der Waals surface area (Å²) in [5.74, 6) is -0.717. The molecule has 0 unspecified atom stereocenters. The fraction of sp³-hybridized carbons (Fsp3) is 0.500. The Morgan fingerprint density at radius 2 is 1.85 bits per heavy atom. The molecule has 2 heterocycles. The summed E-state index contributed by atoms with van der Waals surface area (Å²) in [4.78, 5) is 1.85. The number of hydrogen-bond acceptors (Lipinski definition) is 5. The van der Waals surface area contributed by atoms with Gasteiger partial charge in [0, 0.05) is 25.7 Å². The zero-order valence-electron chi connectivity index (χ0n) is 13.9. The molecule has 1 aromatic carbocycles. The zero-order valence-corrected chi connectivity index (χ0v) is 14.7. The van der Waals surface area contributed by atoms with Crippen LogP contribution in [-0.4, -0.2) is 50.0 Å². The molecule has 6 nitrogen and oxygen atoms in total. The van der Waals surface area contributed by atoms with Crippen LogP contribution in [0.25, 0.3) is 0 Å². The van der Waals surface area contributed by atoms with E-state index in [0.29, 0.717) is 13.0 Å². The first kappa shape index (κ1) is 20.6. The van der Waals surface area contributed by atoms with Gasteiger partial charge in [-0.2, -0.15) is 13.2 Å². The molecule has 0 aliphatic carbocycles. The van der Waals surface area contributed by atoms with E-state index in [-0.39, 0.29) is 37.9 Å². The van der Waals surface area contributed by atoms with Gasteiger partial charge in [-0.05, 0) is 12.0 Å². The van der Waals surface area contributed by atoms with Crippen molar-refractivity contribution in [3.8, 4) is 0 Å². The molecular formula is C16H21ClF3N5O. The first-order chi connectivity index (χ1) is 11.8. The molecule has 3 N–H and O–H groups in total. The van der Waals surface area contributed by atoms with E-state index in [1.54, 1.807) is 0 Å². The Labute approximate surface area is 155 Å². The van der Waals surface area contributed by atoms with E-state index in [4.69, 9.17) is 5.73 Å². The molecular weight excluding hydrogens is 371 g/mol. The van der Waals surface area contributed by atoms with Gasteiger partial charge in [0.25, 0.3) is 0 Å².